The fourth-order valence-corrected chi connectivity index (χ4v) is 2.29. The molecular formula is C15H18N2O3. The molecule has 0 saturated carbocycles. The van der Waals surface area contributed by atoms with Crippen LogP contribution in [0.3, 0.4) is 0 Å². The average molecular weight is 274 g/mol. The smallest absolute Gasteiger partial charge is 0.339 e. The summed E-state index contributed by atoms with van der Waals surface area (Å²) in [5.74, 6) is -0.114. The highest BCUT2D eigenvalue weighted by atomic mass is 16.4. The van der Waals surface area contributed by atoms with Crippen molar-refractivity contribution in [2.75, 3.05) is 11.9 Å². The van der Waals surface area contributed by atoms with Gasteiger partial charge < -0.3 is 14.4 Å². The quantitative estimate of drug-likeness (QED) is 0.928. The summed E-state index contributed by atoms with van der Waals surface area (Å²) in [5, 5.41) is 9.38. The predicted molar refractivity (Wildman–Crippen MR) is 76.2 cm³/mol. The van der Waals surface area contributed by atoms with Crippen molar-refractivity contribution in [1.29, 1.82) is 0 Å². The van der Waals surface area contributed by atoms with Gasteiger partial charge in [-0.25, -0.2) is 4.79 Å². The average Bonchev–Trinajstić information content (AvgIpc) is 2.73. The summed E-state index contributed by atoms with van der Waals surface area (Å²) in [6.07, 6.45) is 1.64. The Labute approximate surface area is 117 Å². The van der Waals surface area contributed by atoms with Gasteiger partial charge in [-0.2, -0.15) is 0 Å². The largest absolute Gasteiger partial charge is 0.478 e. The van der Waals surface area contributed by atoms with E-state index in [0.717, 1.165) is 17.0 Å². The lowest BCUT2D eigenvalue weighted by Crippen LogP contribution is -2.21. The van der Waals surface area contributed by atoms with Crippen molar-refractivity contribution in [2.24, 2.45) is 0 Å². The molecule has 106 valence electrons. The summed E-state index contributed by atoms with van der Waals surface area (Å²) in [7, 11) is 1.87. The van der Waals surface area contributed by atoms with Crippen molar-refractivity contribution in [3.05, 3.63) is 46.7 Å². The number of aromatic nitrogens is 1. The van der Waals surface area contributed by atoms with Gasteiger partial charge in [-0.05, 0) is 32.9 Å². The molecule has 0 aliphatic heterocycles. The van der Waals surface area contributed by atoms with Crippen LogP contribution in [-0.2, 0) is 6.54 Å². The predicted octanol–water partition coefficient (Wildman–Crippen LogP) is 2.93. The van der Waals surface area contributed by atoms with E-state index in [1.54, 1.807) is 19.3 Å². The van der Waals surface area contributed by atoms with Gasteiger partial charge in [0.1, 0.15) is 11.3 Å². The van der Waals surface area contributed by atoms with Gasteiger partial charge >= 0.3 is 5.97 Å². The fourth-order valence-electron chi connectivity index (χ4n) is 2.29. The molecule has 5 nitrogen and oxygen atoms in total. The molecule has 0 fully saturated rings. The molecule has 1 N–H and O–H groups in total. The topological polar surface area (TPSA) is 66.6 Å². The number of carbonyl (C=O) groups is 1. The van der Waals surface area contributed by atoms with Crippen molar-refractivity contribution in [1.82, 2.24) is 4.98 Å². The number of aryl methyl sites for hydroxylation is 3. The molecule has 2 rings (SSSR count). The number of pyridine rings is 1. The van der Waals surface area contributed by atoms with E-state index in [1.165, 1.54) is 0 Å². The third-order valence-electron chi connectivity index (χ3n) is 3.31. The fraction of sp³-hybridized carbons (Fsp3) is 0.333. The molecule has 0 aliphatic rings. The zero-order valence-electron chi connectivity index (χ0n) is 12.1. The van der Waals surface area contributed by atoms with Crippen molar-refractivity contribution in [2.45, 2.75) is 27.3 Å². The van der Waals surface area contributed by atoms with Gasteiger partial charge in [0, 0.05) is 24.8 Å². The second-order valence-corrected chi connectivity index (χ2v) is 4.91. The number of hydrogen-bond acceptors (Lipinski definition) is 4. The van der Waals surface area contributed by atoms with E-state index in [2.05, 4.69) is 4.98 Å². The molecule has 0 aliphatic carbocycles. The number of carboxylic acids is 1. The Morgan fingerprint density at radius 3 is 2.65 bits per heavy atom. The summed E-state index contributed by atoms with van der Waals surface area (Å²) < 4.78 is 5.27. The van der Waals surface area contributed by atoms with Gasteiger partial charge in [0.15, 0.2) is 0 Å². The summed E-state index contributed by atoms with van der Waals surface area (Å²) >= 11 is 0. The zero-order valence-corrected chi connectivity index (χ0v) is 12.1. The first-order valence-electron chi connectivity index (χ1n) is 6.35. The number of anilines is 1. The van der Waals surface area contributed by atoms with E-state index >= 15 is 0 Å². The molecule has 2 aromatic rings. The molecule has 0 aromatic carbocycles. The first-order valence-corrected chi connectivity index (χ1v) is 6.35. The number of rotatable bonds is 4. The van der Waals surface area contributed by atoms with Crippen LogP contribution in [0.4, 0.5) is 5.69 Å². The van der Waals surface area contributed by atoms with E-state index in [-0.39, 0.29) is 5.56 Å². The van der Waals surface area contributed by atoms with Crippen LogP contribution in [0.15, 0.2) is 22.8 Å². The van der Waals surface area contributed by atoms with Crippen LogP contribution >= 0.6 is 0 Å². The number of aromatic carboxylic acids is 1. The monoisotopic (exact) mass is 274 g/mol. The van der Waals surface area contributed by atoms with E-state index < -0.39 is 5.97 Å². The van der Waals surface area contributed by atoms with Crippen molar-refractivity contribution in [3.63, 3.8) is 0 Å². The van der Waals surface area contributed by atoms with Gasteiger partial charge in [0.05, 0.1) is 17.6 Å². The molecule has 2 aromatic heterocycles. The highest BCUT2D eigenvalue weighted by Crippen LogP contribution is 2.25. The van der Waals surface area contributed by atoms with Crippen LogP contribution in [0.1, 0.15) is 33.1 Å². The van der Waals surface area contributed by atoms with Gasteiger partial charge in [0.25, 0.3) is 0 Å². The molecule has 2 heterocycles. The molecule has 0 radical (unpaired) electrons. The Hall–Kier alpha value is -2.30. The van der Waals surface area contributed by atoms with Crippen LogP contribution < -0.4 is 4.90 Å². The molecule has 20 heavy (non-hydrogen) atoms. The summed E-state index contributed by atoms with van der Waals surface area (Å²) in [5.41, 5.74) is 3.29. The molecule has 0 saturated heterocycles. The van der Waals surface area contributed by atoms with Crippen molar-refractivity contribution >= 4 is 11.7 Å². The van der Waals surface area contributed by atoms with E-state index in [4.69, 9.17) is 4.42 Å². The minimum absolute atomic E-state index is 0.249. The first-order chi connectivity index (χ1) is 9.40. The molecular weight excluding hydrogens is 256 g/mol. The van der Waals surface area contributed by atoms with Crippen LogP contribution in [0.25, 0.3) is 0 Å². The third-order valence-corrected chi connectivity index (χ3v) is 3.31. The van der Waals surface area contributed by atoms with Crippen LogP contribution in [0.2, 0.25) is 0 Å². The highest BCUT2D eigenvalue weighted by molar-refractivity contribution is 5.95. The van der Waals surface area contributed by atoms with Gasteiger partial charge in [0.2, 0.25) is 0 Å². The standard InChI is InChI=1S/C15H18N2O3/c1-9-7-13(14(15(18)19)10(2)16-9)17(4)8-12-5-6-20-11(12)3/h5-7H,8H2,1-4H3,(H,18,19). The molecule has 0 bridgehead atoms. The normalized spacial score (nSPS) is 10.6. The number of carboxylic acid groups (broad SMARTS) is 1. The van der Waals surface area contributed by atoms with Crippen LogP contribution in [0.5, 0.6) is 0 Å². The molecule has 0 spiro atoms. The maximum Gasteiger partial charge on any atom is 0.339 e. The Kier molecular flexibility index (Phi) is 3.79. The van der Waals surface area contributed by atoms with Gasteiger partial charge in [-0.3, -0.25) is 4.98 Å². The SMILES string of the molecule is Cc1cc(N(C)Cc2ccoc2C)c(C(=O)O)c(C)n1. The zero-order chi connectivity index (χ0) is 14.9. The van der Waals surface area contributed by atoms with Crippen molar-refractivity contribution < 1.29 is 14.3 Å². The first kappa shape index (κ1) is 14.1. The third kappa shape index (κ3) is 2.66. The number of hydrogen-bond donors (Lipinski definition) is 1. The highest BCUT2D eigenvalue weighted by Gasteiger charge is 2.19. The van der Waals surface area contributed by atoms with Crippen LogP contribution in [0, 0.1) is 20.8 Å². The van der Waals surface area contributed by atoms with E-state index in [9.17, 15) is 9.90 Å². The lowest BCUT2D eigenvalue weighted by molar-refractivity contribution is 0.0696. The Morgan fingerprint density at radius 1 is 1.40 bits per heavy atom. The maximum absolute atomic E-state index is 11.4. The number of nitrogens with zero attached hydrogens (tertiary/aromatic N) is 2. The van der Waals surface area contributed by atoms with Crippen molar-refractivity contribution in [3.8, 4) is 0 Å². The van der Waals surface area contributed by atoms with Gasteiger partial charge in [-0.1, -0.05) is 0 Å². The molecule has 0 amide bonds. The Bertz CT molecular complexity index is 647. The van der Waals surface area contributed by atoms with E-state index in [0.29, 0.717) is 17.9 Å². The minimum Gasteiger partial charge on any atom is -0.478 e. The Morgan fingerprint density at radius 2 is 2.10 bits per heavy atom. The van der Waals surface area contributed by atoms with Gasteiger partial charge in [-0.15, -0.1) is 0 Å². The maximum atomic E-state index is 11.4. The molecule has 0 unspecified atom stereocenters. The van der Waals surface area contributed by atoms with Crippen LogP contribution in [-0.4, -0.2) is 23.1 Å². The second kappa shape index (κ2) is 5.36. The lowest BCUT2D eigenvalue weighted by Gasteiger charge is -2.22. The minimum atomic E-state index is -0.958. The molecule has 5 heteroatoms. The Balaban J connectivity index is 2.41. The van der Waals surface area contributed by atoms with E-state index in [1.807, 2.05) is 31.9 Å². The number of furan rings is 1. The molecule has 0 atom stereocenters. The summed E-state index contributed by atoms with van der Waals surface area (Å²) in [4.78, 5) is 17.6. The summed E-state index contributed by atoms with van der Waals surface area (Å²) in [6.45, 7) is 6.06. The lowest BCUT2D eigenvalue weighted by atomic mass is 10.1. The second-order valence-electron chi connectivity index (χ2n) is 4.91. The summed E-state index contributed by atoms with van der Waals surface area (Å²) in [6, 6.07) is 3.69.